The molecule has 3 N–H and O–H groups in total. The maximum atomic E-state index is 4.46. The number of anilines is 3. The summed E-state index contributed by atoms with van der Waals surface area (Å²) in [4.78, 5) is 18.4. The van der Waals surface area contributed by atoms with Gasteiger partial charge in [-0.15, -0.1) is 0 Å². The minimum absolute atomic E-state index is 0.697. The van der Waals surface area contributed by atoms with Gasteiger partial charge in [-0.25, -0.2) is 15.0 Å². The largest absolute Gasteiger partial charge is 0.369 e. The summed E-state index contributed by atoms with van der Waals surface area (Å²) in [6, 6.07) is 7.97. The normalized spacial score (nSPS) is 15.2. The van der Waals surface area contributed by atoms with Gasteiger partial charge in [-0.1, -0.05) is 0 Å². The third-order valence-electron chi connectivity index (χ3n) is 3.76. The Kier molecular flexibility index (Phi) is 3.32. The summed E-state index contributed by atoms with van der Waals surface area (Å²) in [6.45, 7) is 4.06. The topological polar surface area (TPSA) is 81.8 Å². The van der Waals surface area contributed by atoms with Crippen LogP contribution in [-0.4, -0.2) is 46.1 Å². The summed E-state index contributed by atoms with van der Waals surface area (Å²) in [5.74, 6) is 1.53. The van der Waals surface area contributed by atoms with Crippen molar-refractivity contribution >= 4 is 28.5 Å². The van der Waals surface area contributed by atoms with Gasteiger partial charge in [0.1, 0.15) is 11.6 Å². The number of piperazine rings is 1. The number of aromatic nitrogens is 4. The van der Waals surface area contributed by atoms with Gasteiger partial charge in [0, 0.05) is 44.1 Å². The number of nitrogens with one attached hydrogen (secondary N) is 3. The van der Waals surface area contributed by atoms with E-state index in [0.29, 0.717) is 5.65 Å². The van der Waals surface area contributed by atoms with Crippen molar-refractivity contribution in [1.82, 2.24) is 25.3 Å². The smallest absolute Gasteiger partial charge is 0.179 e. The van der Waals surface area contributed by atoms with E-state index in [2.05, 4.69) is 41.5 Å². The fraction of sp³-hybridized carbons (Fsp3) is 0.267. The van der Waals surface area contributed by atoms with Gasteiger partial charge >= 0.3 is 0 Å². The van der Waals surface area contributed by atoms with Crippen molar-refractivity contribution in [2.45, 2.75) is 0 Å². The van der Waals surface area contributed by atoms with Crippen molar-refractivity contribution in [3.8, 4) is 0 Å². The number of imidazole rings is 1. The van der Waals surface area contributed by atoms with E-state index in [4.69, 9.17) is 0 Å². The van der Waals surface area contributed by atoms with Crippen molar-refractivity contribution in [3.05, 3.63) is 36.8 Å². The van der Waals surface area contributed by atoms with Crippen LogP contribution in [0.4, 0.5) is 17.3 Å². The van der Waals surface area contributed by atoms with Crippen molar-refractivity contribution in [3.63, 3.8) is 0 Å². The van der Waals surface area contributed by atoms with Crippen LogP contribution >= 0.6 is 0 Å². The van der Waals surface area contributed by atoms with Gasteiger partial charge in [-0.05, 0) is 18.2 Å². The van der Waals surface area contributed by atoms with E-state index < -0.39 is 0 Å². The van der Waals surface area contributed by atoms with E-state index in [-0.39, 0.29) is 0 Å². The van der Waals surface area contributed by atoms with Crippen LogP contribution < -0.4 is 15.5 Å². The van der Waals surface area contributed by atoms with E-state index in [1.165, 1.54) is 5.69 Å². The fourth-order valence-electron chi connectivity index (χ4n) is 2.63. The number of fused-ring (bicyclic) bond motifs is 1. The number of pyridine rings is 2. The SMILES string of the molecule is c1cc(N2CCNCC2)cc(Nc2ccc3[nH]cnc3n2)n1. The first-order chi connectivity index (χ1) is 10.9. The molecule has 4 heterocycles. The van der Waals surface area contributed by atoms with Crippen LogP contribution in [0.5, 0.6) is 0 Å². The second-order valence-corrected chi connectivity index (χ2v) is 5.23. The molecule has 0 aliphatic carbocycles. The Morgan fingerprint density at radius 3 is 2.86 bits per heavy atom. The first kappa shape index (κ1) is 13.0. The second kappa shape index (κ2) is 5.61. The average molecular weight is 295 g/mol. The Bertz CT molecular complexity index is 776. The minimum Gasteiger partial charge on any atom is -0.369 e. The summed E-state index contributed by atoms with van der Waals surface area (Å²) in [5.41, 5.74) is 2.80. The fourth-order valence-corrected chi connectivity index (χ4v) is 2.63. The van der Waals surface area contributed by atoms with Crippen LogP contribution in [0, 0.1) is 0 Å². The highest BCUT2D eigenvalue weighted by molar-refractivity contribution is 5.73. The molecule has 0 amide bonds. The molecule has 0 aromatic carbocycles. The van der Waals surface area contributed by atoms with Crippen LogP contribution in [0.1, 0.15) is 0 Å². The van der Waals surface area contributed by atoms with Gasteiger partial charge in [0.2, 0.25) is 0 Å². The Morgan fingerprint density at radius 2 is 1.95 bits per heavy atom. The van der Waals surface area contributed by atoms with Crippen LogP contribution in [0.15, 0.2) is 36.8 Å². The zero-order valence-electron chi connectivity index (χ0n) is 12.1. The van der Waals surface area contributed by atoms with Gasteiger partial charge in [-0.2, -0.15) is 0 Å². The predicted molar refractivity (Wildman–Crippen MR) is 86.5 cm³/mol. The first-order valence-electron chi connectivity index (χ1n) is 7.37. The monoisotopic (exact) mass is 295 g/mol. The first-order valence-corrected chi connectivity index (χ1v) is 7.37. The molecule has 0 spiro atoms. The zero-order valence-corrected chi connectivity index (χ0v) is 12.1. The lowest BCUT2D eigenvalue weighted by Crippen LogP contribution is -2.43. The number of hydrogen-bond donors (Lipinski definition) is 3. The van der Waals surface area contributed by atoms with Crippen LogP contribution in [0.2, 0.25) is 0 Å². The maximum Gasteiger partial charge on any atom is 0.179 e. The van der Waals surface area contributed by atoms with Gasteiger partial charge in [0.15, 0.2) is 5.65 Å². The molecule has 4 rings (SSSR count). The molecule has 0 radical (unpaired) electrons. The lowest BCUT2D eigenvalue weighted by atomic mass is 10.3. The number of nitrogens with zero attached hydrogens (tertiary/aromatic N) is 4. The number of hydrogen-bond acceptors (Lipinski definition) is 6. The third kappa shape index (κ3) is 2.58. The molecule has 7 nitrogen and oxygen atoms in total. The van der Waals surface area contributed by atoms with E-state index in [1.807, 2.05) is 24.4 Å². The van der Waals surface area contributed by atoms with Crippen molar-refractivity contribution in [2.75, 3.05) is 36.4 Å². The molecule has 3 aromatic heterocycles. The molecule has 0 bridgehead atoms. The Labute approximate surface area is 127 Å². The Morgan fingerprint density at radius 1 is 1.05 bits per heavy atom. The summed E-state index contributed by atoms with van der Waals surface area (Å²) in [5, 5.41) is 6.61. The predicted octanol–water partition coefficient (Wildman–Crippen LogP) is 1.51. The van der Waals surface area contributed by atoms with Crippen molar-refractivity contribution in [1.29, 1.82) is 0 Å². The number of rotatable bonds is 3. The molecule has 0 atom stereocenters. The molecule has 1 aliphatic rings. The highest BCUT2D eigenvalue weighted by atomic mass is 15.2. The van der Waals surface area contributed by atoms with Crippen LogP contribution in [0.3, 0.4) is 0 Å². The van der Waals surface area contributed by atoms with E-state index >= 15 is 0 Å². The van der Waals surface area contributed by atoms with Crippen LogP contribution in [-0.2, 0) is 0 Å². The maximum absolute atomic E-state index is 4.46. The Hall–Kier alpha value is -2.67. The molecule has 3 aromatic rings. The molecule has 1 fully saturated rings. The quantitative estimate of drug-likeness (QED) is 0.679. The average Bonchev–Trinajstić information content (AvgIpc) is 3.04. The standard InChI is InChI=1S/C15H17N7/c1-2-13(21-15-12(1)18-10-19-15)20-14-9-11(3-4-17-14)22-7-5-16-6-8-22/h1-4,9-10,16H,5-8H2,(H2,17,18,19,20,21). The molecule has 22 heavy (non-hydrogen) atoms. The van der Waals surface area contributed by atoms with Gasteiger partial charge in [0.25, 0.3) is 0 Å². The van der Waals surface area contributed by atoms with Crippen molar-refractivity contribution in [2.24, 2.45) is 0 Å². The summed E-state index contributed by atoms with van der Waals surface area (Å²) < 4.78 is 0. The number of aromatic amines is 1. The van der Waals surface area contributed by atoms with E-state index in [0.717, 1.165) is 43.3 Å². The zero-order chi connectivity index (χ0) is 14.8. The molecule has 1 saturated heterocycles. The highest BCUT2D eigenvalue weighted by Gasteiger charge is 2.11. The highest BCUT2D eigenvalue weighted by Crippen LogP contribution is 2.21. The lowest BCUT2D eigenvalue weighted by Gasteiger charge is -2.29. The molecule has 1 aliphatic heterocycles. The summed E-state index contributed by atoms with van der Waals surface area (Å²) in [7, 11) is 0. The van der Waals surface area contributed by atoms with E-state index in [9.17, 15) is 0 Å². The summed E-state index contributed by atoms with van der Waals surface area (Å²) >= 11 is 0. The van der Waals surface area contributed by atoms with Gasteiger partial charge < -0.3 is 20.5 Å². The van der Waals surface area contributed by atoms with Gasteiger partial charge in [-0.3, -0.25) is 0 Å². The molecule has 0 unspecified atom stereocenters. The van der Waals surface area contributed by atoms with Crippen LogP contribution in [0.25, 0.3) is 11.2 Å². The van der Waals surface area contributed by atoms with Gasteiger partial charge in [0.05, 0.1) is 11.8 Å². The molecule has 7 heteroatoms. The minimum atomic E-state index is 0.697. The molecule has 112 valence electrons. The summed E-state index contributed by atoms with van der Waals surface area (Å²) in [6.07, 6.45) is 3.47. The lowest BCUT2D eigenvalue weighted by molar-refractivity contribution is 0.589. The molecular formula is C15H17N7. The Balaban J connectivity index is 1.56. The second-order valence-electron chi connectivity index (χ2n) is 5.23. The number of H-pyrrole nitrogens is 1. The third-order valence-corrected chi connectivity index (χ3v) is 3.76. The molecule has 0 saturated carbocycles. The van der Waals surface area contributed by atoms with Crippen molar-refractivity contribution < 1.29 is 0 Å². The van der Waals surface area contributed by atoms with E-state index in [1.54, 1.807) is 6.33 Å². The molecular weight excluding hydrogens is 278 g/mol.